The van der Waals surface area contributed by atoms with E-state index in [-0.39, 0.29) is 19.4 Å². The molecule has 7 heteroatoms. The molecule has 0 saturated heterocycles. The number of rotatable bonds is 4. The number of carbonyl (C=O) groups is 1. The summed E-state index contributed by atoms with van der Waals surface area (Å²) < 4.78 is 29.3. The second-order valence-electron chi connectivity index (χ2n) is 6.00. The van der Waals surface area contributed by atoms with E-state index in [9.17, 15) is 13.2 Å². The van der Waals surface area contributed by atoms with Gasteiger partial charge in [-0.15, -0.1) is 0 Å². The van der Waals surface area contributed by atoms with E-state index in [4.69, 9.17) is 4.74 Å². The van der Waals surface area contributed by atoms with E-state index in [1.165, 1.54) is 0 Å². The average molecular weight is 428 g/mol. The summed E-state index contributed by atoms with van der Waals surface area (Å²) in [4.78, 5) is 16.9. The summed E-state index contributed by atoms with van der Waals surface area (Å²) in [6, 6.07) is 0. The minimum Gasteiger partial charge on any atom is -0.465 e. The molecule has 0 aromatic rings. The molecule has 1 unspecified atom stereocenters. The fourth-order valence-corrected chi connectivity index (χ4v) is 4.54. The van der Waals surface area contributed by atoms with Gasteiger partial charge in [0.1, 0.15) is 0 Å². The summed E-state index contributed by atoms with van der Waals surface area (Å²) in [5, 5.41) is 0. The van der Waals surface area contributed by atoms with Gasteiger partial charge >= 0.3 is 5.97 Å². The molecular weight excluding hydrogens is 406 g/mol. The molecule has 5 nitrogen and oxygen atoms in total. The van der Waals surface area contributed by atoms with Gasteiger partial charge in [0.2, 0.25) is 0 Å². The van der Waals surface area contributed by atoms with Crippen molar-refractivity contribution in [3.63, 3.8) is 0 Å². The van der Waals surface area contributed by atoms with Crippen molar-refractivity contribution < 1.29 is 17.9 Å². The largest absolute Gasteiger partial charge is 0.465 e. The molecule has 0 N–H and O–H groups in total. The summed E-state index contributed by atoms with van der Waals surface area (Å²) in [5.74, 6) is -0.645. The quantitative estimate of drug-likeness (QED) is 0.641. The smallest absolute Gasteiger partial charge is 0.327 e. The van der Waals surface area contributed by atoms with Crippen LogP contribution in [0.2, 0.25) is 0 Å². The normalized spacial score (nSPS) is 24.4. The van der Waals surface area contributed by atoms with Crippen molar-refractivity contribution in [2.45, 2.75) is 37.4 Å². The predicted octanol–water partition coefficient (Wildman–Crippen LogP) is 3.64. The Bertz CT molecular complexity index is 790. The number of hydrogen-bond acceptors (Lipinski definition) is 5. The van der Waals surface area contributed by atoms with Gasteiger partial charge in [0, 0.05) is 16.9 Å². The molecule has 0 aromatic carbocycles. The van der Waals surface area contributed by atoms with Crippen molar-refractivity contribution in [2.75, 3.05) is 12.9 Å². The van der Waals surface area contributed by atoms with Gasteiger partial charge in [-0.2, -0.15) is 0 Å². The van der Waals surface area contributed by atoms with Crippen LogP contribution in [0, 0.1) is 0 Å². The van der Waals surface area contributed by atoms with Gasteiger partial charge in [-0.25, -0.2) is 8.42 Å². The zero-order valence-corrected chi connectivity index (χ0v) is 16.8. The maximum atomic E-state index is 12.5. The first-order valence-corrected chi connectivity index (χ1v) is 10.8. The zero-order chi connectivity index (χ0) is 18.5. The van der Waals surface area contributed by atoms with Gasteiger partial charge in [-0.3, -0.25) is 9.79 Å². The highest BCUT2D eigenvalue weighted by Crippen LogP contribution is 2.35. The van der Waals surface area contributed by atoms with E-state index in [0.717, 1.165) is 22.0 Å². The monoisotopic (exact) mass is 427 g/mol. The van der Waals surface area contributed by atoms with Crippen LogP contribution in [0.5, 0.6) is 0 Å². The first-order valence-electron chi connectivity index (χ1n) is 8.14. The Hall–Kier alpha value is -1.47. The molecule has 0 radical (unpaired) electrons. The molecule has 1 heterocycles. The van der Waals surface area contributed by atoms with E-state index in [1.54, 1.807) is 13.1 Å². The van der Waals surface area contributed by atoms with Crippen molar-refractivity contribution in [3.05, 3.63) is 46.6 Å². The Labute approximate surface area is 157 Å². The van der Waals surface area contributed by atoms with Crippen LogP contribution in [0.1, 0.15) is 32.6 Å². The molecular formula is C18H22BrNO4S. The number of hydrogen-bond donors (Lipinski definition) is 0. The van der Waals surface area contributed by atoms with E-state index >= 15 is 0 Å². The molecule has 0 fully saturated rings. The number of nitrogens with zero attached hydrogens (tertiary/aromatic N) is 1. The van der Waals surface area contributed by atoms with Gasteiger partial charge in [0.05, 0.1) is 12.3 Å². The second kappa shape index (κ2) is 8.27. The number of aliphatic imine (C=N–C) groups is 1. The highest BCUT2D eigenvalue weighted by atomic mass is 79.9. The second-order valence-corrected chi connectivity index (χ2v) is 9.24. The fraction of sp³-hybridized carbons (Fsp3) is 0.444. The van der Waals surface area contributed by atoms with Crippen LogP contribution in [-0.4, -0.2) is 37.7 Å². The average Bonchev–Trinajstić information content (AvgIpc) is 2.75. The minimum absolute atomic E-state index is 0.164. The third-order valence-electron chi connectivity index (χ3n) is 4.37. The minimum atomic E-state index is -3.60. The lowest BCUT2D eigenvalue weighted by Gasteiger charge is -2.28. The topological polar surface area (TPSA) is 72.8 Å². The molecule has 0 spiro atoms. The van der Waals surface area contributed by atoms with Crippen LogP contribution in [0.15, 0.2) is 51.6 Å². The first kappa shape index (κ1) is 19.8. The van der Waals surface area contributed by atoms with Gasteiger partial charge in [-0.1, -0.05) is 18.2 Å². The Morgan fingerprint density at radius 3 is 2.72 bits per heavy atom. The summed E-state index contributed by atoms with van der Waals surface area (Å²) in [6.45, 7) is 1.84. The van der Waals surface area contributed by atoms with Crippen LogP contribution < -0.4 is 0 Å². The molecule has 2 aliphatic rings. The number of sulfone groups is 1. The molecule has 0 saturated carbocycles. The number of esters is 1. The SMILES string of the molecule is CCOC(=O)C1(S(C)(=O)=O)CCC=C(C2=NC=C(Br)C=CC=C2)CC1. The molecule has 2 rings (SSSR count). The van der Waals surface area contributed by atoms with Crippen LogP contribution >= 0.6 is 15.9 Å². The molecule has 136 valence electrons. The highest BCUT2D eigenvalue weighted by molar-refractivity contribution is 9.11. The zero-order valence-electron chi connectivity index (χ0n) is 14.4. The van der Waals surface area contributed by atoms with Crippen LogP contribution in [0.4, 0.5) is 0 Å². The van der Waals surface area contributed by atoms with Crippen LogP contribution in [0.3, 0.4) is 0 Å². The summed E-state index contributed by atoms with van der Waals surface area (Å²) in [5.41, 5.74) is 1.72. The Kier molecular flexibility index (Phi) is 6.57. The molecule has 1 atom stereocenters. The van der Waals surface area contributed by atoms with Crippen molar-refractivity contribution in [1.82, 2.24) is 0 Å². The molecule has 1 aliphatic heterocycles. The molecule has 0 amide bonds. The third-order valence-corrected chi connectivity index (χ3v) is 6.83. The van der Waals surface area contributed by atoms with E-state index in [2.05, 4.69) is 20.9 Å². The molecule has 0 bridgehead atoms. The summed E-state index contributed by atoms with van der Waals surface area (Å²) in [6.07, 6.45) is 13.7. The Morgan fingerprint density at radius 2 is 2.04 bits per heavy atom. The van der Waals surface area contributed by atoms with Gasteiger partial charge in [0.15, 0.2) is 14.6 Å². The Balaban J connectivity index is 2.30. The Morgan fingerprint density at radius 1 is 1.32 bits per heavy atom. The number of ether oxygens (including phenoxy) is 1. The summed E-state index contributed by atoms with van der Waals surface area (Å²) >= 11 is 3.39. The lowest BCUT2D eigenvalue weighted by Crippen LogP contribution is -2.47. The van der Waals surface area contributed by atoms with Crippen LogP contribution in [0.25, 0.3) is 0 Å². The lowest BCUT2D eigenvalue weighted by molar-refractivity contribution is -0.146. The van der Waals surface area contributed by atoms with Crippen molar-refractivity contribution >= 4 is 37.4 Å². The van der Waals surface area contributed by atoms with Crippen molar-refractivity contribution in [3.8, 4) is 0 Å². The third kappa shape index (κ3) is 4.58. The van der Waals surface area contributed by atoms with Crippen molar-refractivity contribution in [2.24, 2.45) is 4.99 Å². The highest BCUT2D eigenvalue weighted by Gasteiger charge is 2.49. The molecule has 0 aromatic heterocycles. The predicted molar refractivity (Wildman–Crippen MR) is 103 cm³/mol. The number of allylic oxidation sites excluding steroid dienone is 7. The maximum Gasteiger partial charge on any atom is 0.327 e. The first-order chi connectivity index (χ1) is 11.8. The molecule has 25 heavy (non-hydrogen) atoms. The lowest BCUT2D eigenvalue weighted by atomic mass is 9.97. The van der Waals surface area contributed by atoms with E-state index in [0.29, 0.717) is 12.8 Å². The number of carbonyl (C=O) groups excluding carboxylic acids is 1. The standard InChI is InChI=1S/C18H22BrNO4S/c1-3-24-17(21)18(25(2,22)23)11-6-7-14(10-12-18)16-9-5-4-8-15(19)13-20-16/h4-5,7-9,13H,3,6,10-12H2,1-2H3. The maximum absolute atomic E-state index is 12.5. The van der Waals surface area contributed by atoms with Gasteiger partial charge in [-0.05, 0) is 66.3 Å². The van der Waals surface area contributed by atoms with E-state index < -0.39 is 20.6 Å². The van der Waals surface area contributed by atoms with Gasteiger partial charge < -0.3 is 4.74 Å². The van der Waals surface area contributed by atoms with E-state index in [1.807, 2.05) is 30.4 Å². The fourth-order valence-electron chi connectivity index (χ4n) is 2.97. The molecule has 1 aliphatic carbocycles. The summed E-state index contributed by atoms with van der Waals surface area (Å²) in [7, 11) is -3.60. The van der Waals surface area contributed by atoms with Crippen molar-refractivity contribution in [1.29, 1.82) is 0 Å². The van der Waals surface area contributed by atoms with Gasteiger partial charge in [0.25, 0.3) is 0 Å². The number of halogens is 1. The van der Waals surface area contributed by atoms with Crippen LogP contribution in [-0.2, 0) is 19.4 Å².